The molecule has 0 aliphatic carbocycles. The Kier molecular flexibility index (Phi) is 7.33. The van der Waals surface area contributed by atoms with Gasteiger partial charge in [0.25, 0.3) is 0 Å². The third kappa shape index (κ3) is 5.01. The lowest BCUT2D eigenvalue weighted by atomic mass is 9.93. The Labute approximate surface area is 194 Å². The van der Waals surface area contributed by atoms with Gasteiger partial charge in [-0.2, -0.15) is 5.26 Å². The number of aromatic nitrogens is 1. The second-order valence-corrected chi connectivity index (χ2v) is 8.19. The highest BCUT2D eigenvalue weighted by Gasteiger charge is 2.25. The highest BCUT2D eigenvalue weighted by atomic mass is 79.9. The second-order valence-electron chi connectivity index (χ2n) is 7.34. The van der Waals surface area contributed by atoms with Crippen LogP contribution in [0.3, 0.4) is 0 Å². The van der Waals surface area contributed by atoms with E-state index in [0.29, 0.717) is 28.4 Å². The molecule has 8 heteroatoms. The summed E-state index contributed by atoms with van der Waals surface area (Å²) >= 11 is 3.24. The molecule has 0 bridgehead atoms. The molecule has 1 atom stereocenters. The van der Waals surface area contributed by atoms with Crippen molar-refractivity contribution in [2.75, 3.05) is 5.32 Å². The van der Waals surface area contributed by atoms with Crippen molar-refractivity contribution in [2.45, 2.75) is 26.7 Å². The second kappa shape index (κ2) is 10.2. The Hall–Kier alpha value is -3.57. The molecular weight excluding hydrogens is 472 g/mol. The summed E-state index contributed by atoms with van der Waals surface area (Å²) in [7, 11) is 0. The van der Waals surface area contributed by atoms with E-state index in [-0.39, 0.29) is 23.3 Å². The molecule has 1 N–H and O–H groups in total. The van der Waals surface area contributed by atoms with E-state index in [2.05, 4.69) is 32.3 Å². The number of hydrogen-bond acceptors (Lipinski definition) is 5. The Morgan fingerprint density at radius 3 is 2.56 bits per heavy atom. The van der Waals surface area contributed by atoms with Gasteiger partial charge in [-0.15, -0.1) is 0 Å². The van der Waals surface area contributed by atoms with Gasteiger partial charge in [-0.3, -0.25) is 14.9 Å². The van der Waals surface area contributed by atoms with E-state index >= 15 is 0 Å². The highest BCUT2D eigenvalue weighted by Crippen LogP contribution is 2.32. The van der Waals surface area contributed by atoms with Crippen molar-refractivity contribution in [3.63, 3.8) is 0 Å². The summed E-state index contributed by atoms with van der Waals surface area (Å²) in [6.45, 7) is 3.50. The number of amides is 1. The van der Waals surface area contributed by atoms with E-state index < -0.39 is 4.92 Å². The third-order valence-corrected chi connectivity index (χ3v) is 6.13. The van der Waals surface area contributed by atoms with Gasteiger partial charge in [0.05, 0.1) is 16.6 Å². The van der Waals surface area contributed by atoms with Gasteiger partial charge in [-0.05, 0) is 58.5 Å². The van der Waals surface area contributed by atoms with Gasteiger partial charge in [-0.25, -0.2) is 4.98 Å². The van der Waals surface area contributed by atoms with Crippen LogP contribution in [0.25, 0.3) is 11.1 Å². The van der Waals surface area contributed by atoms with E-state index in [1.807, 2.05) is 49.4 Å². The first-order valence-electron chi connectivity index (χ1n) is 10.0. The van der Waals surface area contributed by atoms with Crippen LogP contribution in [0, 0.1) is 34.3 Å². The fraction of sp³-hybridized carbons (Fsp3) is 0.208. The number of rotatable bonds is 7. The normalized spacial score (nSPS) is 11.4. The van der Waals surface area contributed by atoms with Gasteiger partial charge in [0.15, 0.2) is 0 Å². The third-order valence-electron chi connectivity index (χ3n) is 5.33. The summed E-state index contributed by atoms with van der Waals surface area (Å²) in [5.74, 6) is -0.746. The van der Waals surface area contributed by atoms with Crippen LogP contribution >= 0.6 is 15.9 Å². The number of halogens is 1. The van der Waals surface area contributed by atoms with E-state index in [4.69, 9.17) is 0 Å². The molecule has 0 aliphatic heterocycles. The van der Waals surface area contributed by atoms with Crippen LogP contribution in [0.2, 0.25) is 0 Å². The topological polar surface area (TPSA) is 109 Å². The average Bonchev–Trinajstić information content (AvgIpc) is 2.80. The van der Waals surface area contributed by atoms with Crippen LogP contribution in [0.4, 0.5) is 11.5 Å². The number of nitrogens with zero attached hydrogens (tertiary/aromatic N) is 3. The molecular formula is C24H21BrN4O3. The molecule has 7 nitrogen and oxygen atoms in total. The molecule has 1 amide bonds. The Bertz CT molecular complexity index is 1200. The van der Waals surface area contributed by atoms with Gasteiger partial charge >= 0.3 is 5.69 Å². The number of carbonyl (C=O) groups excluding carboxylic acids is 1. The van der Waals surface area contributed by atoms with Gasteiger partial charge in [0.1, 0.15) is 0 Å². The molecule has 0 fully saturated rings. The molecule has 162 valence electrons. The predicted molar refractivity (Wildman–Crippen MR) is 126 cm³/mol. The summed E-state index contributed by atoms with van der Waals surface area (Å²) in [5.41, 5.74) is 3.53. The van der Waals surface area contributed by atoms with Crippen molar-refractivity contribution in [3.8, 4) is 17.2 Å². The van der Waals surface area contributed by atoms with Crippen LogP contribution in [0.1, 0.15) is 30.0 Å². The molecule has 1 unspecified atom stereocenters. The lowest BCUT2D eigenvalue weighted by Gasteiger charge is -2.16. The van der Waals surface area contributed by atoms with Gasteiger partial charge in [-0.1, -0.05) is 49.4 Å². The van der Waals surface area contributed by atoms with Crippen molar-refractivity contribution >= 4 is 33.3 Å². The maximum absolute atomic E-state index is 12.9. The molecule has 1 heterocycles. The summed E-state index contributed by atoms with van der Waals surface area (Å²) in [4.78, 5) is 27.8. The molecule has 32 heavy (non-hydrogen) atoms. The SMILES string of the molecule is CCC(Cc1ccc(-c2ccccc2C#N)cc1)C(=O)Nc1ncc(Br)c(C)c1[N+](=O)[O-]. The predicted octanol–water partition coefficient (Wildman–Crippen LogP) is 5.81. The Morgan fingerprint density at radius 2 is 1.94 bits per heavy atom. The van der Waals surface area contributed by atoms with E-state index in [9.17, 15) is 20.2 Å². The van der Waals surface area contributed by atoms with Gasteiger partial charge in [0, 0.05) is 22.2 Å². The number of nitrogens with one attached hydrogen (secondary N) is 1. The lowest BCUT2D eigenvalue weighted by Crippen LogP contribution is -2.25. The Morgan fingerprint density at radius 1 is 1.25 bits per heavy atom. The van der Waals surface area contributed by atoms with Crippen molar-refractivity contribution in [3.05, 3.63) is 86.0 Å². The van der Waals surface area contributed by atoms with Crippen LogP contribution in [-0.2, 0) is 11.2 Å². The minimum atomic E-state index is -0.540. The zero-order valence-electron chi connectivity index (χ0n) is 17.6. The average molecular weight is 493 g/mol. The lowest BCUT2D eigenvalue weighted by molar-refractivity contribution is -0.384. The van der Waals surface area contributed by atoms with Gasteiger partial charge < -0.3 is 5.32 Å². The number of carbonyl (C=O) groups is 1. The van der Waals surface area contributed by atoms with Crippen molar-refractivity contribution in [1.29, 1.82) is 5.26 Å². The zero-order chi connectivity index (χ0) is 23.3. The summed E-state index contributed by atoms with van der Waals surface area (Å²) in [6.07, 6.45) is 2.48. The smallest absolute Gasteiger partial charge is 0.305 e. The minimum Gasteiger partial charge on any atom is -0.305 e. The van der Waals surface area contributed by atoms with Crippen LogP contribution in [0.15, 0.2) is 59.2 Å². The molecule has 1 aromatic heterocycles. The maximum atomic E-state index is 12.9. The van der Waals surface area contributed by atoms with Crippen molar-refractivity contribution in [2.24, 2.45) is 5.92 Å². The number of hydrogen-bond donors (Lipinski definition) is 1. The van der Waals surface area contributed by atoms with E-state index in [1.54, 1.807) is 13.0 Å². The monoisotopic (exact) mass is 492 g/mol. The van der Waals surface area contributed by atoms with Crippen LogP contribution in [0.5, 0.6) is 0 Å². The molecule has 0 spiro atoms. The molecule has 3 rings (SSSR count). The number of pyridine rings is 1. The fourth-order valence-corrected chi connectivity index (χ4v) is 3.75. The van der Waals surface area contributed by atoms with Crippen molar-refractivity contribution < 1.29 is 9.72 Å². The molecule has 3 aromatic rings. The molecule has 0 saturated carbocycles. The molecule has 0 radical (unpaired) electrons. The first-order valence-corrected chi connectivity index (χ1v) is 10.8. The van der Waals surface area contributed by atoms with Crippen LogP contribution < -0.4 is 5.32 Å². The van der Waals surface area contributed by atoms with Crippen LogP contribution in [-0.4, -0.2) is 15.8 Å². The molecule has 0 saturated heterocycles. The number of nitro groups is 1. The number of nitriles is 1. The standard InChI is InChI=1S/C24H21BrN4O3/c1-3-17(24(30)28-23-22(29(31)32)15(2)21(25)14-27-23)12-16-8-10-18(11-9-16)20-7-5-4-6-19(20)13-26/h4-11,14,17H,3,12H2,1-2H3,(H,27,28,30). The first kappa shape index (κ1) is 23.1. The Balaban J connectivity index is 1.77. The number of anilines is 1. The fourth-order valence-electron chi connectivity index (χ4n) is 3.46. The summed E-state index contributed by atoms with van der Waals surface area (Å²) in [6, 6.07) is 17.3. The maximum Gasteiger partial charge on any atom is 0.315 e. The number of benzene rings is 2. The van der Waals surface area contributed by atoms with E-state index in [0.717, 1.165) is 16.7 Å². The minimum absolute atomic E-state index is 0.0531. The highest BCUT2D eigenvalue weighted by molar-refractivity contribution is 9.10. The van der Waals surface area contributed by atoms with E-state index in [1.165, 1.54) is 6.20 Å². The summed E-state index contributed by atoms with van der Waals surface area (Å²) < 4.78 is 0.507. The van der Waals surface area contributed by atoms with Gasteiger partial charge in [0.2, 0.25) is 11.7 Å². The largest absolute Gasteiger partial charge is 0.315 e. The van der Waals surface area contributed by atoms with Crippen molar-refractivity contribution in [1.82, 2.24) is 4.98 Å². The quantitative estimate of drug-likeness (QED) is 0.330. The first-order chi connectivity index (χ1) is 15.3. The molecule has 2 aromatic carbocycles. The molecule has 0 aliphatic rings. The zero-order valence-corrected chi connectivity index (χ0v) is 19.2. The summed E-state index contributed by atoms with van der Waals surface area (Å²) in [5, 5.41) is 23.4.